The molecular weight excluding hydrogens is 425 g/mol. The average Bonchev–Trinajstić information content (AvgIpc) is 2.67. The van der Waals surface area contributed by atoms with Crippen molar-refractivity contribution < 1.29 is 36.2 Å². The summed E-state index contributed by atoms with van der Waals surface area (Å²) in [6.45, 7) is 0. The van der Waals surface area contributed by atoms with Gasteiger partial charge in [-0.3, -0.25) is 4.79 Å². The highest BCUT2D eigenvalue weighted by Crippen LogP contribution is 2.28. The van der Waals surface area contributed by atoms with Crippen LogP contribution in [0.2, 0.25) is 0 Å². The van der Waals surface area contributed by atoms with Crippen molar-refractivity contribution in [3.05, 3.63) is 53.3 Å². The third-order valence-electron chi connectivity index (χ3n) is 4.65. The number of methoxy groups -OCH3 is 1. The predicted octanol–water partition coefficient (Wildman–Crippen LogP) is 2.83. The number of ether oxygens (including phenoxy) is 1. The highest BCUT2D eigenvalue weighted by atomic mass is 32.2. The molecule has 1 aliphatic carbocycles. The van der Waals surface area contributed by atoms with Crippen molar-refractivity contribution in [2.24, 2.45) is 0 Å². The first kappa shape index (κ1) is 22.1. The minimum absolute atomic E-state index is 0.0571. The van der Waals surface area contributed by atoms with Gasteiger partial charge in [0.2, 0.25) is 10.0 Å². The summed E-state index contributed by atoms with van der Waals surface area (Å²) in [6, 6.07) is 5.92. The molecule has 1 amide bonds. The summed E-state index contributed by atoms with van der Waals surface area (Å²) in [5.41, 5.74) is -1.12. The van der Waals surface area contributed by atoms with Crippen LogP contribution in [0.25, 0.3) is 0 Å². The van der Waals surface area contributed by atoms with Crippen molar-refractivity contribution in [1.82, 2.24) is 4.72 Å². The van der Waals surface area contributed by atoms with Gasteiger partial charge < -0.3 is 15.2 Å². The van der Waals surface area contributed by atoms with Gasteiger partial charge in [0.25, 0.3) is 12.3 Å². The number of alkyl halides is 2. The van der Waals surface area contributed by atoms with Crippen LogP contribution in [0.3, 0.4) is 0 Å². The van der Waals surface area contributed by atoms with E-state index in [4.69, 9.17) is 4.74 Å². The van der Waals surface area contributed by atoms with Gasteiger partial charge in [-0.1, -0.05) is 0 Å². The van der Waals surface area contributed by atoms with Crippen LogP contribution in [0, 0.1) is 5.82 Å². The van der Waals surface area contributed by atoms with E-state index in [-0.39, 0.29) is 21.9 Å². The molecule has 7 nitrogen and oxygen atoms in total. The van der Waals surface area contributed by atoms with E-state index >= 15 is 0 Å². The van der Waals surface area contributed by atoms with Crippen molar-refractivity contribution in [1.29, 1.82) is 0 Å². The summed E-state index contributed by atoms with van der Waals surface area (Å²) in [6.07, 6.45) is -3.04. The molecule has 0 bridgehead atoms. The van der Waals surface area contributed by atoms with Crippen LogP contribution in [0.1, 0.15) is 35.2 Å². The Balaban J connectivity index is 1.86. The minimum Gasteiger partial charge on any atom is -0.496 e. The molecule has 0 saturated heterocycles. The number of rotatable bonds is 7. The van der Waals surface area contributed by atoms with E-state index in [1.165, 1.54) is 19.2 Å². The van der Waals surface area contributed by atoms with Crippen molar-refractivity contribution in [2.45, 2.75) is 36.3 Å². The number of carbonyl (C=O) groups excluding carboxylic acids is 1. The number of benzene rings is 2. The molecule has 1 fully saturated rings. The zero-order valence-electron chi connectivity index (χ0n) is 15.7. The second-order valence-corrected chi connectivity index (χ2v) is 8.51. The number of aliphatic hydroxyl groups excluding tert-OH is 1. The van der Waals surface area contributed by atoms with Crippen molar-refractivity contribution in [2.75, 3.05) is 12.4 Å². The molecule has 3 N–H and O–H groups in total. The molecule has 162 valence electrons. The predicted molar refractivity (Wildman–Crippen MR) is 102 cm³/mol. The Bertz CT molecular complexity index is 1060. The molecule has 0 aliphatic heterocycles. The van der Waals surface area contributed by atoms with Crippen LogP contribution in [0.5, 0.6) is 5.75 Å². The number of amides is 1. The Labute approximate surface area is 170 Å². The summed E-state index contributed by atoms with van der Waals surface area (Å²) in [5.74, 6) is -1.88. The summed E-state index contributed by atoms with van der Waals surface area (Å²) in [5, 5.41) is 11.6. The highest BCUT2D eigenvalue weighted by molar-refractivity contribution is 7.89. The van der Waals surface area contributed by atoms with E-state index in [0.717, 1.165) is 24.3 Å². The monoisotopic (exact) mass is 444 g/mol. The van der Waals surface area contributed by atoms with Gasteiger partial charge in [-0.15, -0.1) is 0 Å². The number of sulfonamides is 1. The first-order valence-electron chi connectivity index (χ1n) is 8.88. The molecule has 0 unspecified atom stereocenters. The van der Waals surface area contributed by atoms with E-state index in [9.17, 15) is 31.5 Å². The molecule has 3 rings (SSSR count). The van der Waals surface area contributed by atoms with E-state index in [1.807, 2.05) is 0 Å². The maximum Gasteiger partial charge on any atom is 0.266 e. The minimum atomic E-state index is -3.97. The van der Waals surface area contributed by atoms with E-state index < -0.39 is 45.9 Å². The first-order valence-corrected chi connectivity index (χ1v) is 10.4. The van der Waals surface area contributed by atoms with Gasteiger partial charge in [-0.25, -0.2) is 26.3 Å². The van der Waals surface area contributed by atoms with Crippen LogP contribution in [-0.2, 0) is 10.0 Å². The fourth-order valence-electron chi connectivity index (χ4n) is 2.99. The molecule has 0 heterocycles. The Morgan fingerprint density at radius 2 is 1.90 bits per heavy atom. The zero-order valence-corrected chi connectivity index (χ0v) is 16.5. The SMILES string of the molecule is COc1ccc(S(=O)(=O)N[C@H]2C[C@H](O)C2)cc1C(=O)Nc1ccc(F)c(C(F)F)c1. The van der Waals surface area contributed by atoms with Crippen molar-refractivity contribution >= 4 is 21.6 Å². The second kappa shape index (κ2) is 8.62. The molecule has 2 aromatic carbocycles. The number of hydrogen-bond donors (Lipinski definition) is 3. The summed E-state index contributed by atoms with van der Waals surface area (Å²) in [7, 11) is -2.69. The molecule has 0 spiro atoms. The van der Waals surface area contributed by atoms with Crippen LogP contribution in [-0.4, -0.2) is 38.7 Å². The van der Waals surface area contributed by atoms with Gasteiger partial charge in [-0.05, 0) is 49.2 Å². The molecule has 1 aliphatic rings. The van der Waals surface area contributed by atoms with Gasteiger partial charge in [0.15, 0.2) is 0 Å². The fraction of sp³-hybridized carbons (Fsp3) is 0.316. The Morgan fingerprint density at radius 1 is 1.20 bits per heavy atom. The first-order chi connectivity index (χ1) is 14.1. The highest BCUT2D eigenvalue weighted by Gasteiger charge is 2.32. The largest absolute Gasteiger partial charge is 0.496 e. The lowest BCUT2D eigenvalue weighted by Crippen LogP contribution is -2.46. The van der Waals surface area contributed by atoms with Crippen molar-refractivity contribution in [3.63, 3.8) is 0 Å². The fourth-order valence-corrected chi connectivity index (χ4v) is 4.28. The van der Waals surface area contributed by atoms with E-state index in [0.29, 0.717) is 12.8 Å². The third kappa shape index (κ3) is 4.74. The van der Waals surface area contributed by atoms with Gasteiger partial charge >= 0.3 is 0 Å². The van der Waals surface area contributed by atoms with Gasteiger partial charge in [0.1, 0.15) is 11.6 Å². The molecule has 2 aromatic rings. The topological polar surface area (TPSA) is 105 Å². The third-order valence-corrected chi connectivity index (χ3v) is 6.17. The number of halogens is 3. The summed E-state index contributed by atoms with van der Waals surface area (Å²) < 4.78 is 71.8. The number of anilines is 1. The maximum absolute atomic E-state index is 13.4. The normalized spacial score (nSPS) is 18.7. The molecule has 1 saturated carbocycles. The molecule has 0 radical (unpaired) electrons. The molecule has 30 heavy (non-hydrogen) atoms. The number of nitrogens with one attached hydrogen (secondary N) is 2. The van der Waals surface area contributed by atoms with Gasteiger partial charge in [0.05, 0.1) is 29.2 Å². The van der Waals surface area contributed by atoms with Crippen LogP contribution in [0.4, 0.5) is 18.9 Å². The van der Waals surface area contributed by atoms with Crippen LogP contribution < -0.4 is 14.8 Å². The summed E-state index contributed by atoms with van der Waals surface area (Å²) >= 11 is 0. The number of carbonyl (C=O) groups is 1. The lowest BCUT2D eigenvalue weighted by atomic mass is 9.91. The number of aliphatic hydroxyl groups is 1. The van der Waals surface area contributed by atoms with Crippen LogP contribution >= 0.6 is 0 Å². The molecule has 0 aromatic heterocycles. The standard InChI is InChI=1S/C19H19F3N2O5S/c1-29-17-5-3-13(30(27,28)24-11-6-12(25)7-11)9-15(17)19(26)23-10-2-4-16(20)14(8-10)18(21)22/h2-5,8-9,11-12,18,24-25H,6-7H2,1H3,(H,23,26)/t11-,12-. The molecule has 11 heteroatoms. The lowest BCUT2D eigenvalue weighted by molar-refractivity contribution is 0.0712. The quantitative estimate of drug-likeness (QED) is 0.609. The smallest absolute Gasteiger partial charge is 0.266 e. The Morgan fingerprint density at radius 3 is 2.50 bits per heavy atom. The Hall–Kier alpha value is -2.63. The maximum atomic E-state index is 13.4. The Kier molecular flexibility index (Phi) is 6.34. The van der Waals surface area contributed by atoms with Gasteiger partial charge in [0, 0.05) is 11.7 Å². The van der Waals surface area contributed by atoms with E-state index in [1.54, 1.807) is 0 Å². The van der Waals surface area contributed by atoms with Gasteiger partial charge in [-0.2, -0.15) is 0 Å². The number of hydrogen-bond acceptors (Lipinski definition) is 5. The molecule has 0 atom stereocenters. The zero-order chi connectivity index (χ0) is 22.1. The lowest BCUT2D eigenvalue weighted by Gasteiger charge is -2.31. The van der Waals surface area contributed by atoms with E-state index in [2.05, 4.69) is 10.0 Å². The molecular formula is C19H19F3N2O5S. The van der Waals surface area contributed by atoms with Crippen LogP contribution in [0.15, 0.2) is 41.3 Å². The average molecular weight is 444 g/mol. The van der Waals surface area contributed by atoms with Crippen molar-refractivity contribution in [3.8, 4) is 5.75 Å². The summed E-state index contributed by atoms with van der Waals surface area (Å²) in [4.78, 5) is 12.4. The second-order valence-electron chi connectivity index (χ2n) is 6.80.